The minimum Gasteiger partial charge on any atom is -0.744 e. The van der Waals surface area contributed by atoms with E-state index in [9.17, 15) is 25.9 Å². The first-order chi connectivity index (χ1) is 30.9. The Kier molecular flexibility index (Phi) is 31.4. The van der Waals surface area contributed by atoms with E-state index in [0.717, 1.165) is 84.0 Å². The van der Waals surface area contributed by atoms with Crippen LogP contribution >= 0.6 is 0 Å². The summed E-state index contributed by atoms with van der Waals surface area (Å²) in [5, 5.41) is 3.96. The number of aryl methyl sites for hydroxylation is 4. The van der Waals surface area contributed by atoms with Crippen LogP contribution in [0.4, 0.5) is 0 Å². The Balaban J connectivity index is 0.000000440. The molecule has 9 heteroatoms. The van der Waals surface area contributed by atoms with E-state index in [1.54, 1.807) is 24.3 Å². The van der Waals surface area contributed by atoms with Crippen molar-refractivity contribution >= 4 is 69.1 Å². The number of unbranched alkanes of at least 4 members (excludes halogenated alkanes) is 24. The van der Waals surface area contributed by atoms with Crippen LogP contribution in [-0.2, 0) is 45.9 Å². The molecule has 0 aromatic heterocycles. The van der Waals surface area contributed by atoms with Crippen LogP contribution in [0.3, 0.4) is 0 Å². The van der Waals surface area contributed by atoms with Crippen LogP contribution in [-0.4, -0.2) is 53.2 Å². The van der Waals surface area contributed by atoms with E-state index in [-0.39, 0.29) is 37.1 Å². The summed E-state index contributed by atoms with van der Waals surface area (Å²) in [4.78, 5) is -0.189. The van der Waals surface area contributed by atoms with E-state index in [4.69, 9.17) is 0 Å². The Morgan fingerprint density at radius 3 is 0.877 bits per heavy atom. The van der Waals surface area contributed by atoms with Gasteiger partial charge in [0.25, 0.3) is 0 Å². The molecule has 0 atom stereocenters. The molecule has 0 saturated heterocycles. The molecule has 362 valence electrons. The Bertz CT molecular complexity index is 1960. The molecule has 0 saturated carbocycles. The van der Waals surface area contributed by atoms with E-state index < -0.39 is 20.2 Å². The third kappa shape index (κ3) is 24.3. The molecule has 0 N–H and O–H groups in total. The molecule has 4 rings (SSSR count). The molecular formula is C56H86O6PbS2. The van der Waals surface area contributed by atoms with E-state index in [1.165, 1.54) is 165 Å². The number of benzene rings is 4. The smallest absolute Gasteiger partial charge is 0.744 e. The van der Waals surface area contributed by atoms with Gasteiger partial charge in [0.15, 0.2) is 0 Å². The normalized spacial score (nSPS) is 11.8. The molecule has 4 aromatic carbocycles. The summed E-state index contributed by atoms with van der Waals surface area (Å²) in [5.41, 5.74) is 4.63. The van der Waals surface area contributed by atoms with Gasteiger partial charge in [0.1, 0.15) is 20.2 Å². The molecule has 65 heavy (non-hydrogen) atoms. The SMILES string of the molecule is CCCCCCCCCc1ccc2cc(S(=O)(=O)[O-])cc(CCCCCCCCC)c2c1.CCCCCCCCCc1ccc2cc(S(=O)(=O)[O-])cc(CCCCCCCCC)c2c1.[Pb+2]. The third-order valence-corrected chi connectivity index (χ3v) is 14.6. The second-order valence-electron chi connectivity index (χ2n) is 18.7. The molecule has 0 bridgehead atoms. The first-order valence-corrected chi connectivity index (χ1v) is 28.8. The van der Waals surface area contributed by atoms with E-state index >= 15 is 0 Å². The third-order valence-electron chi connectivity index (χ3n) is 13.0. The van der Waals surface area contributed by atoms with E-state index in [0.29, 0.717) is 0 Å². The fourth-order valence-electron chi connectivity index (χ4n) is 9.03. The van der Waals surface area contributed by atoms with Gasteiger partial charge in [-0.2, -0.15) is 0 Å². The van der Waals surface area contributed by atoms with Gasteiger partial charge < -0.3 is 9.11 Å². The van der Waals surface area contributed by atoms with Crippen LogP contribution < -0.4 is 0 Å². The van der Waals surface area contributed by atoms with Crippen molar-refractivity contribution < 1.29 is 25.9 Å². The van der Waals surface area contributed by atoms with Gasteiger partial charge in [0.05, 0.1) is 9.79 Å². The van der Waals surface area contributed by atoms with Crippen molar-refractivity contribution in [3.05, 3.63) is 82.9 Å². The molecule has 2 radical (unpaired) electrons. The van der Waals surface area contributed by atoms with Gasteiger partial charge in [0.2, 0.25) is 0 Å². The van der Waals surface area contributed by atoms with Crippen molar-refractivity contribution in [3.8, 4) is 0 Å². The average Bonchev–Trinajstić information content (AvgIpc) is 3.27. The predicted octanol–water partition coefficient (Wildman–Crippen LogP) is 16.3. The molecule has 0 unspecified atom stereocenters. The first-order valence-electron chi connectivity index (χ1n) is 25.9. The van der Waals surface area contributed by atoms with Gasteiger partial charge >= 0.3 is 27.3 Å². The molecule has 0 fully saturated rings. The van der Waals surface area contributed by atoms with Crippen LogP contribution in [0.25, 0.3) is 21.5 Å². The van der Waals surface area contributed by atoms with E-state index in [1.807, 2.05) is 12.1 Å². The van der Waals surface area contributed by atoms with Crippen LogP contribution in [0.5, 0.6) is 0 Å². The molecule has 0 aliphatic heterocycles. The van der Waals surface area contributed by atoms with Crippen LogP contribution in [0.1, 0.15) is 230 Å². The van der Waals surface area contributed by atoms with Crippen molar-refractivity contribution in [1.29, 1.82) is 0 Å². The van der Waals surface area contributed by atoms with Crippen molar-refractivity contribution in [2.45, 2.75) is 243 Å². The molecule has 0 heterocycles. The maximum Gasteiger partial charge on any atom is 2.00 e. The Hall–Kier alpha value is -1.86. The zero-order valence-electron chi connectivity index (χ0n) is 41.2. The summed E-state index contributed by atoms with van der Waals surface area (Å²) >= 11 is 0. The second kappa shape index (κ2) is 34.4. The van der Waals surface area contributed by atoms with Crippen LogP contribution in [0.15, 0.2) is 70.5 Å². The zero-order valence-corrected chi connectivity index (χ0v) is 46.7. The van der Waals surface area contributed by atoms with Crippen LogP contribution in [0, 0.1) is 0 Å². The molecule has 0 aliphatic carbocycles. The van der Waals surface area contributed by atoms with Crippen LogP contribution in [0.2, 0.25) is 0 Å². The average molecular weight is 1130 g/mol. The number of hydrogen-bond acceptors (Lipinski definition) is 6. The quantitative estimate of drug-likeness (QED) is 0.0261. The summed E-state index contributed by atoms with van der Waals surface area (Å²) in [5.74, 6) is 0. The van der Waals surface area contributed by atoms with E-state index in [2.05, 4.69) is 52.0 Å². The van der Waals surface area contributed by atoms with Crippen molar-refractivity contribution in [3.63, 3.8) is 0 Å². The fourth-order valence-corrected chi connectivity index (χ4v) is 10.2. The minimum absolute atomic E-state index is 0. The van der Waals surface area contributed by atoms with Gasteiger partial charge in [-0.3, -0.25) is 0 Å². The summed E-state index contributed by atoms with van der Waals surface area (Å²) in [6, 6.07) is 19.0. The van der Waals surface area contributed by atoms with Gasteiger partial charge in [-0.25, -0.2) is 16.8 Å². The second-order valence-corrected chi connectivity index (χ2v) is 21.4. The maximum atomic E-state index is 11.7. The summed E-state index contributed by atoms with van der Waals surface area (Å²) < 4.78 is 70.1. The molecule has 0 aliphatic rings. The molecule has 4 aromatic rings. The monoisotopic (exact) mass is 1130 g/mol. The van der Waals surface area contributed by atoms with Crippen molar-refractivity contribution in [2.75, 3.05) is 0 Å². The van der Waals surface area contributed by atoms with Gasteiger partial charge in [0, 0.05) is 0 Å². The van der Waals surface area contributed by atoms with Crippen molar-refractivity contribution in [2.24, 2.45) is 0 Å². The van der Waals surface area contributed by atoms with Gasteiger partial charge in [-0.05, 0) is 119 Å². The van der Waals surface area contributed by atoms with Gasteiger partial charge in [-0.15, -0.1) is 0 Å². The Morgan fingerprint density at radius 2 is 0.600 bits per heavy atom. The van der Waals surface area contributed by atoms with Gasteiger partial charge in [-0.1, -0.05) is 218 Å². The first kappa shape index (κ1) is 59.3. The summed E-state index contributed by atoms with van der Waals surface area (Å²) in [7, 11) is -8.90. The molecule has 6 nitrogen and oxygen atoms in total. The Morgan fingerprint density at radius 1 is 0.338 bits per heavy atom. The number of fused-ring (bicyclic) bond motifs is 2. The molecule has 0 amide bonds. The Labute approximate surface area is 418 Å². The standard InChI is InChI=1S/2C28H44O3S.Pb/c2*1-3-5-7-9-11-13-15-17-24-19-20-26-23-27(32(29,30)31)22-25(28(26)21-24)18-16-14-12-10-8-6-4-2;/h2*19-23H,3-18H2,1-2H3,(H,29,30,31);/q;;+2/p-2. The predicted molar refractivity (Wildman–Crippen MR) is 276 cm³/mol. The van der Waals surface area contributed by atoms with Crippen molar-refractivity contribution in [1.82, 2.24) is 0 Å². The molecule has 0 spiro atoms. The topological polar surface area (TPSA) is 114 Å². The largest absolute Gasteiger partial charge is 2.00 e. The minimum atomic E-state index is -4.45. The number of rotatable bonds is 34. The number of hydrogen-bond donors (Lipinski definition) is 0. The maximum absolute atomic E-state index is 11.7. The zero-order chi connectivity index (χ0) is 46.5. The fraction of sp³-hybridized carbons (Fsp3) is 0.643. The summed E-state index contributed by atoms with van der Waals surface area (Å²) in [6.45, 7) is 8.95. The molecular weight excluding hydrogens is 1040 g/mol. The summed E-state index contributed by atoms with van der Waals surface area (Å²) in [6.07, 6.45) is 39.0.